The summed E-state index contributed by atoms with van der Waals surface area (Å²) in [4.78, 5) is 32.7. The molecule has 4 rings (SSSR count). The van der Waals surface area contributed by atoms with Crippen LogP contribution in [0.15, 0.2) is 30.3 Å². The van der Waals surface area contributed by atoms with Crippen molar-refractivity contribution in [2.45, 2.75) is 26.6 Å². The molecule has 6 nitrogen and oxygen atoms in total. The number of ether oxygens (including phenoxy) is 1. The summed E-state index contributed by atoms with van der Waals surface area (Å²) >= 11 is 1.25. The van der Waals surface area contributed by atoms with Crippen molar-refractivity contribution in [1.82, 2.24) is 10.3 Å². The zero-order valence-corrected chi connectivity index (χ0v) is 16.4. The van der Waals surface area contributed by atoms with E-state index in [2.05, 4.69) is 10.3 Å². The summed E-state index contributed by atoms with van der Waals surface area (Å²) in [6, 6.07) is 7.64. The summed E-state index contributed by atoms with van der Waals surface area (Å²) < 4.78 is 18.7. The topological polar surface area (TPSA) is 71.5 Å². The number of halogens is 1. The number of hydrogen-bond donors (Lipinski definition) is 1. The number of methoxy groups -OCH3 is 1. The summed E-state index contributed by atoms with van der Waals surface area (Å²) in [5.74, 6) is -0.908. The van der Waals surface area contributed by atoms with E-state index < -0.39 is 6.17 Å². The van der Waals surface area contributed by atoms with Gasteiger partial charge < -0.3 is 10.1 Å². The molecule has 28 heavy (non-hydrogen) atoms. The molecule has 144 valence electrons. The van der Waals surface area contributed by atoms with Gasteiger partial charge in [0.25, 0.3) is 5.91 Å². The number of pyridine rings is 1. The van der Waals surface area contributed by atoms with Crippen LogP contribution in [0.5, 0.6) is 0 Å². The van der Waals surface area contributed by atoms with Crippen molar-refractivity contribution in [3.05, 3.63) is 57.8 Å². The number of aromatic nitrogens is 1. The number of hydrogen-bond acceptors (Lipinski definition) is 5. The number of rotatable bonds is 3. The van der Waals surface area contributed by atoms with Gasteiger partial charge in [0.15, 0.2) is 0 Å². The molecule has 0 bridgehead atoms. The highest BCUT2D eigenvalue weighted by atomic mass is 32.1. The Morgan fingerprint density at radius 2 is 2.07 bits per heavy atom. The number of aryl methyl sites for hydroxylation is 1. The van der Waals surface area contributed by atoms with Crippen molar-refractivity contribution in [2.75, 3.05) is 12.0 Å². The average molecular weight is 399 g/mol. The largest absolute Gasteiger partial charge is 0.380 e. The number of anilines is 1. The lowest BCUT2D eigenvalue weighted by Gasteiger charge is -2.36. The van der Waals surface area contributed by atoms with Crippen LogP contribution in [0.3, 0.4) is 0 Å². The Kier molecular flexibility index (Phi) is 4.60. The minimum Gasteiger partial charge on any atom is -0.380 e. The first-order valence-corrected chi connectivity index (χ1v) is 9.50. The van der Waals surface area contributed by atoms with E-state index >= 15 is 0 Å². The Hall–Kier alpha value is -2.84. The maximum absolute atomic E-state index is 13.4. The van der Waals surface area contributed by atoms with Gasteiger partial charge in [-0.1, -0.05) is 12.1 Å². The quantitative estimate of drug-likeness (QED) is 0.729. The summed E-state index contributed by atoms with van der Waals surface area (Å²) in [7, 11) is 1.59. The molecule has 1 atom stereocenters. The summed E-state index contributed by atoms with van der Waals surface area (Å²) in [5.41, 5.74) is 2.82. The van der Waals surface area contributed by atoms with Crippen LogP contribution >= 0.6 is 11.3 Å². The van der Waals surface area contributed by atoms with Crippen LogP contribution < -0.4 is 10.2 Å². The van der Waals surface area contributed by atoms with Crippen LogP contribution in [0.25, 0.3) is 10.2 Å². The predicted octanol–water partition coefficient (Wildman–Crippen LogP) is 3.69. The average Bonchev–Trinajstić information content (AvgIpc) is 3.02. The monoisotopic (exact) mass is 399 g/mol. The standard InChI is InChI=1S/C20H18FN3O3S/c1-10-8-13(9-27-3)15-16-17(28-20(15)22-10)19(26)23-18(24(16)11(2)25)12-4-6-14(21)7-5-12/h4-8,18H,9H2,1-3H3,(H,23,26)/t18-/m1/s1. The molecular weight excluding hydrogens is 381 g/mol. The fourth-order valence-electron chi connectivity index (χ4n) is 3.55. The second kappa shape index (κ2) is 6.96. The summed E-state index contributed by atoms with van der Waals surface area (Å²) in [6.07, 6.45) is -0.729. The van der Waals surface area contributed by atoms with Gasteiger partial charge in [-0.25, -0.2) is 9.37 Å². The summed E-state index contributed by atoms with van der Waals surface area (Å²) in [5, 5.41) is 3.60. The molecule has 2 aromatic heterocycles. The van der Waals surface area contributed by atoms with Crippen LogP contribution in [0, 0.1) is 12.7 Å². The summed E-state index contributed by atoms with van der Waals surface area (Å²) in [6.45, 7) is 3.65. The van der Waals surface area contributed by atoms with Crippen LogP contribution in [0.1, 0.15) is 39.6 Å². The third-order valence-electron chi connectivity index (χ3n) is 4.64. The number of amides is 2. The smallest absolute Gasteiger partial charge is 0.265 e. The molecule has 1 N–H and O–H groups in total. The Balaban J connectivity index is 1.98. The molecule has 1 aromatic carbocycles. The molecule has 0 spiro atoms. The molecule has 0 unspecified atom stereocenters. The number of benzene rings is 1. The van der Waals surface area contributed by atoms with E-state index in [-0.39, 0.29) is 17.6 Å². The van der Waals surface area contributed by atoms with E-state index in [1.165, 1.54) is 30.4 Å². The van der Waals surface area contributed by atoms with Crippen molar-refractivity contribution in [2.24, 2.45) is 0 Å². The molecule has 0 saturated carbocycles. The van der Waals surface area contributed by atoms with Gasteiger partial charge in [-0.05, 0) is 36.2 Å². The number of carbonyl (C=O) groups excluding carboxylic acids is 2. The van der Waals surface area contributed by atoms with E-state index in [1.54, 1.807) is 24.1 Å². The van der Waals surface area contributed by atoms with Gasteiger partial charge in [0.1, 0.15) is 21.7 Å². The van der Waals surface area contributed by atoms with Crippen molar-refractivity contribution in [3.8, 4) is 0 Å². The molecule has 8 heteroatoms. The molecule has 1 aliphatic heterocycles. The molecule has 0 aliphatic carbocycles. The van der Waals surface area contributed by atoms with E-state index in [9.17, 15) is 14.0 Å². The Bertz CT molecular complexity index is 1090. The van der Waals surface area contributed by atoms with Crippen molar-refractivity contribution in [3.63, 3.8) is 0 Å². The highest BCUT2D eigenvalue weighted by Gasteiger charge is 2.38. The van der Waals surface area contributed by atoms with E-state index in [1.807, 2.05) is 13.0 Å². The first kappa shape index (κ1) is 18.5. The van der Waals surface area contributed by atoms with Crippen LogP contribution in [0.4, 0.5) is 10.1 Å². The number of carbonyl (C=O) groups is 2. The van der Waals surface area contributed by atoms with Gasteiger partial charge in [-0.15, -0.1) is 11.3 Å². The first-order valence-electron chi connectivity index (χ1n) is 8.68. The number of nitrogens with zero attached hydrogens (tertiary/aromatic N) is 2. The second-order valence-corrected chi connectivity index (χ2v) is 7.63. The highest BCUT2D eigenvalue weighted by Crippen LogP contribution is 2.45. The van der Waals surface area contributed by atoms with E-state index in [0.717, 1.165) is 16.6 Å². The fraction of sp³-hybridized carbons (Fsp3) is 0.250. The molecule has 0 radical (unpaired) electrons. The second-order valence-electron chi connectivity index (χ2n) is 6.63. The van der Waals surface area contributed by atoms with Gasteiger partial charge in [0.2, 0.25) is 5.91 Å². The van der Waals surface area contributed by atoms with Crippen molar-refractivity contribution < 1.29 is 18.7 Å². The zero-order valence-electron chi connectivity index (χ0n) is 15.6. The van der Waals surface area contributed by atoms with Crippen LogP contribution in [-0.2, 0) is 16.1 Å². The number of nitrogens with one attached hydrogen (secondary N) is 1. The van der Waals surface area contributed by atoms with Gasteiger partial charge in [-0.3, -0.25) is 14.5 Å². The van der Waals surface area contributed by atoms with Crippen molar-refractivity contribution >= 4 is 39.1 Å². The van der Waals surface area contributed by atoms with Crippen molar-refractivity contribution in [1.29, 1.82) is 0 Å². The minimum atomic E-state index is -0.729. The maximum atomic E-state index is 13.4. The molecule has 2 amide bonds. The van der Waals surface area contributed by atoms with Gasteiger partial charge >= 0.3 is 0 Å². The lowest BCUT2D eigenvalue weighted by Crippen LogP contribution is -2.48. The van der Waals surface area contributed by atoms with Crippen LogP contribution in [-0.4, -0.2) is 23.9 Å². The Morgan fingerprint density at radius 1 is 1.36 bits per heavy atom. The molecule has 0 saturated heterocycles. The lowest BCUT2D eigenvalue weighted by molar-refractivity contribution is -0.117. The highest BCUT2D eigenvalue weighted by molar-refractivity contribution is 7.21. The van der Waals surface area contributed by atoms with Gasteiger partial charge in [0.05, 0.1) is 12.3 Å². The normalized spacial score (nSPS) is 16.2. The van der Waals surface area contributed by atoms with Gasteiger partial charge in [0, 0.05) is 25.1 Å². The van der Waals surface area contributed by atoms with E-state index in [0.29, 0.717) is 27.6 Å². The Morgan fingerprint density at radius 3 is 2.71 bits per heavy atom. The van der Waals surface area contributed by atoms with Crippen LogP contribution in [0.2, 0.25) is 0 Å². The minimum absolute atomic E-state index is 0.237. The SMILES string of the molecule is COCc1cc(C)nc2sc3c(c12)N(C(C)=O)[C@H](c1ccc(F)cc1)NC3=O. The zero-order chi connectivity index (χ0) is 20.0. The third kappa shape index (κ3) is 2.94. The number of fused-ring (bicyclic) bond motifs is 3. The third-order valence-corrected chi connectivity index (χ3v) is 5.72. The molecule has 0 fully saturated rings. The molecule has 3 aromatic rings. The lowest BCUT2D eigenvalue weighted by atomic mass is 10.0. The molecular formula is C20H18FN3O3S. The van der Waals surface area contributed by atoms with E-state index in [4.69, 9.17) is 4.74 Å². The van der Waals surface area contributed by atoms with Gasteiger partial charge in [-0.2, -0.15) is 0 Å². The first-order chi connectivity index (χ1) is 13.4. The molecule has 3 heterocycles. The maximum Gasteiger partial charge on any atom is 0.265 e. The fourth-order valence-corrected chi connectivity index (χ4v) is 4.71. The predicted molar refractivity (Wildman–Crippen MR) is 105 cm³/mol. The Labute approximate surface area is 164 Å². The molecule has 1 aliphatic rings. The number of thiophene rings is 1.